The molecule has 0 saturated carbocycles. The summed E-state index contributed by atoms with van der Waals surface area (Å²) >= 11 is 0. The molecule has 2 aliphatic heterocycles. The minimum absolute atomic E-state index is 0.0600. The number of benzene rings is 2. The first kappa shape index (κ1) is 22.9. The maximum atomic E-state index is 13.2. The quantitative estimate of drug-likeness (QED) is 0.591. The molecule has 0 radical (unpaired) electrons. The summed E-state index contributed by atoms with van der Waals surface area (Å²) in [6.07, 6.45) is 1.84. The predicted molar refractivity (Wildman–Crippen MR) is 128 cm³/mol. The summed E-state index contributed by atoms with van der Waals surface area (Å²) in [5.74, 6) is 0.981. The van der Waals surface area contributed by atoms with Gasteiger partial charge in [0.05, 0.1) is 0 Å². The maximum Gasteiger partial charge on any atom is 0.254 e. The lowest BCUT2D eigenvalue weighted by atomic mass is 9.94. The Morgan fingerprint density at radius 2 is 1.94 bits per heavy atom. The van der Waals surface area contributed by atoms with Gasteiger partial charge >= 0.3 is 0 Å². The van der Waals surface area contributed by atoms with E-state index in [2.05, 4.69) is 10.3 Å². The fourth-order valence-electron chi connectivity index (χ4n) is 4.63. The van der Waals surface area contributed by atoms with Gasteiger partial charge in [0.25, 0.3) is 11.8 Å². The molecule has 3 aromatic rings. The van der Waals surface area contributed by atoms with Gasteiger partial charge in [0.15, 0.2) is 17.6 Å². The number of aryl methyl sites for hydroxylation is 1. The van der Waals surface area contributed by atoms with Crippen molar-refractivity contribution >= 4 is 11.8 Å². The lowest BCUT2D eigenvalue weighted by Gasteiger charge is -2.30. The molecule has 3 heterocycles. The molecule has 2 amide bonds. The van der Waals surface area contributed by atoms with Crippen LogP contribution >= 0.6 is 0 Å². The number of nitrogens with zero attached hydrogens (tertiary/aromatic N) is 2. The zero-order valence-electron chi connectivity index (χ0n) is 19.7. The maximum absolute atomic E-state index is 13.2. The van der Waals surface area contributed by atoms with Crippen molar-refractivity contribution in [2.75, 3.05) is 20.4 Å². The van der Waals surface area contributed by atoms with Gasteiger partial charge in [-0.2, -0.15) is 0 Å². The van der Waals surface area contributed by atoms with Crippen LogP contribution in [0.5, 0.6) is 11.5 Å². The highest BCUT2D eigenvalue weighted by atomic mass is 16.7. The average molecular weight is 474 g/mol. The van der Waals surface area contributed by atoms with Gasteiger partial charge in [-0.1, -0.05) is 30.3 Å². The number of aromatic nitrogens is 1. The number of ether oxygens (including phenoxy) is 3. The molecule has 2 aliphatic rings. The molecule has 0 fully saturated rings. The van der Waals surface area contributed by atoms with E-state index in [-0.39, 0.29) is 18.6 Å². The molecule has 1 atom stereocenters. The van der Waals surface area contributed by atoms with Crippen molar-refractivity contribution in [3.05, 3.63) is 88.2 Å². The highest BCUT2D eigenvalue weighted by Gasteiger charge is 2.27. The van der Waals surface area contributed by atoms with Crippen LogP contribution in [0.3, 0.4) is 0 Å². The van der Waals surface area contributed by atoms with Gasteiger partial charge < -0.3 is 24.4 Å². The van der Waals surface area contributed by atoms with Crippen LogP contribution < -0.4 is 14.8 Å². The summed E-state index contributed by atoms with van der Waals surface area (Å²) in [6.45, 7) is 3.50. The lowest BCUT2D eigenvalue weighted by Crippen LogP contribution is -2.37. The fourth-order valence-corrected chi connectivity index (χ4v) is 4.63. The molecular formula is C27H27N3O5. The van der Waals surface area contributed by atoms with E-state index in [0.717, 1.165) is 27.9 Å². The van der Waals surface area contributed by atoms with E-state index in [9.17, 15) is 9.59 Å². The first-order chi connectivity index (χ1) is 17.0. The summed E-state index contributed by atoms with van der Waals surface area (Å²) in [7, 11) is 1.53. The molecule has 1 N–H and O–H groups in total. The molecule has 0 saturated heterocycles. The Labute approximate surface area is 203 Å². The second-order valence-electron chi connectivity index (χ2n) is 8.61. The molecule has 0 aliphatic carbocycles. The minimum atomic E-state index is -0.682. The Morgan fingerprint density at radius 1 is 1.14 bits per heavy atom. The highest BCUT2D eigenvalue weighted by Crippen LogP contribution is 2.33. The smallest absolute Gasteiger partial charge is 0.254 e. The Bertz CT molecular complexity index is 1260. The molecule has 8 heteroatoms. The van der Waals surface area contributed by atoms with Crippen LogP contribution in [0.1, 0.15) is 44.4 Å². The van der Waals surface area contributed by atoms with Gasteiger partial charge in [-0.25, -0.2) is 0 Å². The number of amides is 2. The SMILES string of the molecule is CO[C@H](C(=O)NCc1c(C)ncc2c1CCN(C(=O)c1ccc3c(c1)OCO3)C2)c1ccccc1. The van der Waals surface area contributed by atoms with Crippen molar-refractivity contribution in [2.24, 2.45) is 0 Å². The van der Waals surface area contributed by atoms with Crippen molar-refractivity contribution in [1.82, 2.24) is 15.2 Å². The summed E-state index contributed by atoms with van der Waals surface area (Å²) in [4.78, 5) is 32.4. The monoisotopic (exact) mass is 473 g/mol. The molecule has 0 unspecified atom stereocenters. The fraction of sp³-hybridized carbons (Fsp3) is 0.296. The molecular weight excluding hydrogens is 446 g/mol. The molecule has 0 spiro atoms. The summed E-state index contributed by atoms with van der Waals surface area (Å²) in [6, 6.07) is 14.7. The number of hydrogen-bond donors (Lipinski definition) is 1. The third-order valence-corrected chi connectivity index (χ3v) is 6.52. The molecule has 5 rings (SSSR count). The zero-order chi connectivity index (χ0) is 24.4. The third kappa shape index (κ3) is 4.57. The van der Waals surface area contributed by atoms with Crippen molar-refractivity contribution in [2.45, 2.75) is 32.5 Å². The summed E-state index contributed by atoms with van der Waals surface area (Å²) < 4.78 is 16.2. The summed E-state index contributed by atoms with van der Waals surface area (Å²) in [5.41, 5.74) is 5.36. The molecule has 8 nitrogen and oxygen atoms in total. The normalized spacial score (nSPS) is 14.9. The van der Waals surface area contributed by atoms with Gasteiger partial charge in [0.2, 0.25) is 6.79 Å². The van der Waals surface area contributed by atoms with Crippen LogP contribution in [-0.4, -0.2) is 42.1 Å². The highest BCUT2D eigenvalue weighted by molar-refractivity contribution is 5.95. The van der Waals surface area contributed by atoms with Crippen LogP contribution in [0.4, 0.5) is 0 Å². The van der Waals surface area contributed by atoms with Crippen molar-refractivity contribution < 1.29 is 23.8 Å². The minimum Gasteiger partial charge on any atom is -0.454 e. The van der Waals surface area contributed by atoms with Crippen molar-refractivity contribution in [1.29, 1.82) is 0 Å². The van der Waals surface area contributed by atoms with Crippen LogP contribution in [0.25, 0.3) is 0 Å². The Hall–Kier alpha value is -3.91. The molecule has 180 valence electrons. The Balaban J connectivity index is 1.30. The van der Waals surface area contributed by atoms with Crippen LogP contribution in [0.2, 0.25) is 0 Å². The molecule has 35 heavy (non-hydrogen) atoms. The Kier molecular flexibility index (Phi) is 6.37. The van der Waals surface area contributed by atoms with Gasteiger partial charge in [-0.15, -0.1) is 0 Å². The largest absolute Gasteiger partial charge is 0.454 e. The number of carbonyl (C=O) groups excluding carboxylic acids is 2. The van der Waals surface area contributed by atoms with Crippen LogP contribution in [0.15, 0.2) is 54.7 Å². The van der Waals surface area contributed by atoms with Crippen molar-refractivity contribution in [3.8, 4) is 11.5 Å². The van der Waals surface area contributed by atoms with E-state index in [1.54, 1.807) is 18.2 Å². The van der Waals surface area contributed by atoms with Gasteiger partial charge in [0, 0.05) is 44.2 Å². The molecule has 1 aromatic heterocycles. The number of pyridine rings is 1. The van der Waals surface area contributed by atoms with Gasteiger partial charge in [-0.3, -0.25) is 14.6 Å². The zero-order valence-corrected chi connectivity index (χ0v) is 19.7. The first-order valence-electron chi connectivity index (χ1n) is 11.6. The van der Waals surface area contributed by atoms with Crippen LogP contribution in [0, 0.1) is 6.92 Å². The van der Waals surface area contributed by atoms with Gasteiger partial charge in [-0.05, 0) is 53.8 Å². The molecule has 2 aromatic carbocycles. The lowest BCUT2D eigenvalue weighted by molar-refractivity contribution is -0.131. The van der Waals surface area contributed by atoms with E-state index < -0.39 is 6.10 Å². The number of rotatable bonds is 6. The predicted octanol–water partition coefficient (Wildman–Crippen LogP) is 3.32. The second-order valence-corrected chi connectivity index (χ2v) is 8.61. The third-order valence-electron chi connectivity index (χ3n) is 6.52. The van der Waals surface area contributed by atoms with E-state index in [1.807, 2.05) is 48.4 Å². The molecule has 0 bridgehead atoms. The van der Waals surface area contributed by atoms with E-state index in [4.69, 9.17) is 14.2 Å². The Morgan fingerprint density at radius 3 is 2.74 bits per heavy atom. The number of methoxy groups -OCH3 is 1. The first-order valence-corrected chi connectivity index (χ1v) is 11.6. The van der Waals surface area contributed by atoms with E-state index >= 15 is 0 Å². The van der Waals surface area contributed by atoms with Gasteiger partial charge in [0.1, 0.15) is 0 Å². The van der Waals surface area contributed by atoms with Crippen LogP contribution in [-0.2, 0) is 29.0 Å². The number of fused-ring (bicyclic) bond motifs is 2. The van der Waals surface area contributed by atoms with E-state index in [0.29, 0.717) is 43.1 Å². The summed E-state index contributed by atoms with van der Waals surface area (Å²) in [5, 5.41) is 3.01. The van der Waals surface area contributed by atoms with E-state index in [1.165, 1.54) is 7.11 Å². The number of nitrogens with one attached hydrogen (secondary N) is 1. The average Bonchev–Trinajstić information content (AvgIpc) is 3.36. The number of hydrogen-bond acceptors (Lipinski definition) is 6. The second kappa shape index (κ2) is 9.76. The van der Waals surface area contributed by atoms with Crippen molar-refractivity contribution in [3.63, 3.8) is 0 Å². The topological polar surface area (TPSA) is 90.0 Å². The number of carbonyl (C=O) groups is 2. The standard InChI is InChI=1S/C27H27N3O5/c1-17-22(14-29-26(31)25(33-2)18-6-4-3-5-7-18)21-10-11-30(15-20(21)13-28-17)27(32)19-8-9-23-24(12-19)35-16-34-23/h3-9,12-13,25H,10-11,14-16H2,1-2H3,(H,29,31)/t25-/m0/s1.